The zero-order valence-corrected chi connectivity index (χ0v) is 25.6. The van der Waals surface area contributed by atoms with Gasteiger partial charge in [-0.05, 0) is 77.9 Å². The van der Waals surface area contributed by atoms with Crippen LogP contribution >= 0.6 is 0 Å². The number of hydrogen-bond acceptors (Lipinski definition) is 5. The summed E-state index contributed by atoms with van der Waals surface area (Å²) in [6, 6.07) is 53.9. The van der Waals surface area contributed by atoms with E-state index in [4.69, 9.17) is 18.2 Å². The van der Waals surface area contributed by atoms with Crippen molar-refractivity contribution in [3.8, 4) is 22.6 Å². The van der Waals surface area contributed by atoms with Crippen molar-refractivity contribution in [3.05, 3.63) is 158 Å². The summed E-state index contributed by atoms with van der Waals surface area (Å²) in [7, 11) is 0. The summed E-state index contributed by atoms with van der Waals surface area (Å²) in [5.74, 6) is 0.592. The van der Waals surface area contributed by atoms with Gasteiger partial charge in [0.2, 0.25) is 5.89 Å². The van der Waals surface area contributed by atoms with Gasteiger partial charge in [0, 0.05) is 33.8 Å². The van der Waals surface area contributed by atoms with Crippen LogP contribution in [0.5, 0.6) is 0 Å². The largest absolute Gasteiger partial charge is 0.456 e. The van der Waals surface area contributed by atoms with Crippen LogP contribution in [-0.4, -0.2) is 4.98 Å². The number of oxazole rings is 1. The quantitative estimate of drug-likeness (QED) is 0.192. The van der Waals surface area contributed by atoms with Gasteiger partial charge in [-0.25, -0.2) is 4.98 Å². The normalized spacial score (nSPS) is 11.8. The maximum absolute atomic E-state index is 6.52. The molecular weight excluding hydrogens is 592 g/mol. The first-order valence-electron chi connectivity index (χ1n) is 16.0. The monoisotopic (exact) mass is 618 g/mol. The van der Waals surface area contributed by atoms with Crippen molar-refractivity contribution < 1.29 is 13.3 Å². The molecule has 10 aromatic rings. The van der Waals surface area contributed by atoms with E-state index in [1.165, 1.54) is 5.56 Å². The van der Waals surface area contributed by atoms with Gasteiger partial charge in [0.1, 0.15) is 27.8 Å². The SMILES string of the molecule is c1ccc(-c2ccc(N(c3ccc4c(c3)oc3ccc5nc(-c6ccccc6)oc5c34)c3cccc4oc5ccccc5c34)cc2)cc1. The molecule has 226 valence electrons. The average molecular weight is 619 g/mol. The van der Waals surface area contributed by atoms with Crippen molar-refractivity contribution in [2.45, 2.75) is 0 Å². The average Bonchev–Trinajstić information content (AvgIpc) is 3.86. The highest BCUT2D eigenvalue weighted by Crippen LogP contribution is 2.45. The number of fused-ring (bicyclic) bond motifs is 8. The van der Waals surface area contributed by atoms with Crippen molar-refractivity contribution in [1.29, 1.82) is 0 Å². The molecule has 0 radical (unpaired) electrons. The van der Waals surface area contributed by atoms with E-state index in [2.05, 4.69) is 95.9 Å². The topological polar surface area (TPSA) is 55.6 Å². The van der Waals surface area contributed by atoms with Crippen LogP contribution in [0.4, 0.5) is 17.1 Å². The van der Waals surface area contributed by atoms with E-state index in [-0.39, 0.29) is 0 Å². The number of rotatable bonds is 5. The molecule has 5 nitrogen and oxygen atoms in total. The molecule has 0 saturated heterocycles. The third-order valence-corrected chi connectivity index (χ3v) is 9.11. The fraction of sp³-hybridized carbons (Fsp3) is 0. The lowest BCUT2D eigenvalue weighted by Gasteiger charge is -2.26. The van der Waals surface area contributed by atoms with Gasteiger partial charge < -0.3 is 18.2 Å². The Kier molecular flexibility index (Phi) is 5.81. The van der Waals surface area contributed by atoms with Crippen LogP contribution in [0.25, 0.3) is 77.6 Å². The molecule has 0 aliphatic rings. The summed E-state index contributed by atoms with van der Waals surface area (Å²) in [4.78, 5) is 7.08. The molecule has 0 atom stereocenters. The van der Waals surface area contributed by atoms with Crippen molar-refractivity contribution in [2.75, 3.05) is 4.90 Å². The van der Waals surface area contributed by atoms with Gasteiger partial charge in [0.05, 0.1) is 16.5 Å². The molecule has 0 saturated carbocycles. The van der Waals surface area contributed by atoms with Crippen LogP contribution in [-0.2, 0) is 0 Å². The van der Waals surface area contributed by atoms with Crippen LogP contribution in [0.2, 0.25) is 0 Å². The molecule has 48 heavy (non-hydrogen) atoms. The zero-order valence-electron chi connectivity index (χ0n) is 25.6. The summed E-state index contributed by atoms with van der Waals surface area (Å²) in [5.41, 5.74) is 11.0. The molecule has 3 heterocycles. The van der Waals surface area contributed by atoms with Crippen LogP contribution in [0.3, 0.4) is 0 Å². The maximum atomic E-state index is 6.52. The predicted molar refractivity (Wildman–Crippen MR) is 194 cm³/mol. The fourth-order valence-electron chi connectivity index (χ4n) is 6.88. The van der Waals surface area contributed by atoms with Crippen molar-refractivity contribution in [1.82, 2.24) is 4.98 Å². The second-order valence-electron chi connectivity index (χ2n) is 12.0. The van der Waals surface area contributed by atoms with E-state index in [0.717, 1.165) is 83.2 Å². The number of benzene rings is 7. The molecule has 0 amide bonds. The van der Waals surface area contributed by atoms with E-state index in [1.807, 2.05) is 66.7 Å². The number of aromatic nitrogens is 1. The molecule has 5 heteroatoms. The lowest BCUT2D eigenvalue weighted by atomic mass is 10.0. The lowest BCUT2D eigenvalue weighted by Crippen LogP contribution is -2.10. The minimum atomic E-state index is 0.592. The highest BCUT2D eigenvalue weighted by molar-refractivity contribution is 6.17. The van der Waals surface area contributed by atoms with E-state index in [9.17, 15) is 0 Å². The smallest absolute Gasteiger partial charge is 0.227 e. The van der Waals surface area contributed by atoms with E-state index >= 15 is 0 Å². The van der Waals surface area contributed by atoms with E-state index < -0.39 is 0 Å². The standard InChI is InChI=1S/C43H26N2O3/c1-3-10-27(11-4-1)28-18-20-30(21-19-28)45(35-15-9-17-37-40(35)32-14-7-8-16-36(32)46-37)31-22-23-33-39(26-31)47-38-25-24-34-42(41(33)38)48-43(44-34)29-12-5-2-6-13-29/h1-26H. The Labute approximate surface area is 274 Å². The van der Waals surface area contributed by atoms with Crippen molar-refractivity contribution in [3.63, 3.8) is 0 Å². The van der Waals surface area contributed by atoms with Gasteiger partial charge in [0.15, 0.2) is 5.58 Å². The zero-order chi connectivity index (χ0) is 31.6. The molecule has 7 aromatic carbocycles. The molecule has 0 spiro atoms. The summed E-state index contributed by atoms with van der Waals surface area (Å²) in [5, 5.41) is 4.02. The van der Waals surface area contributed by atoms with Crippen LogP contribution in [0.15, 0.2) is 171 Å². The number of nitrogens with zero attached hydrogens (tertiary/aromatic N) is 2. The summed E-state index contributed by atoms with van der Waals surface area (Å²) in [6.07, 6.45) is 0. The van der Waals surface area contributed by atoms with Crippen LogP contribution in [0.1, 0.15) is 0 Å². The Morgan fingerprint density at radius 3 is 1.90 bits per heavy atom. The summed E-state index contributed by atoms with van der Waals surface area (Å²) >= 11 is 0. The number of para-hydroxylation sites is 1. The molecule has 0 fully saturated rings. The van der Waals surface area contributed by atoms with E-state index in [0.29, 0.717) is 5.89 Å². The Hall–Kier alpha value is -6.59. The third kappa shape index (κ3) is 4.15. The van der Waals surface area contributed by atoms with Gasteiger partial charge in [-0.3, -0.25) is 0 Å². The Balaban J connectivity index is 1.17. The highest BCUT2D eigenvalue weighted by Gasteiger charge is 2.22. The molecule has 0 aliphatic carbocycles. The second kappa shape index (κ2) is 10.5. The van der Waals surface area contributed by atoms with Gasteiger partial charge in [-0.2, -0.15) is 0 Å². The predicted octanol–water partition coefficient (Wildman–Crippen LogP) is 12.4. The van der Waals surface area contributed by atoms with Gasteiger partial charge in [-0.1, -0.05) is 84.9 Å². The Bertz CT molecular complexity index is 2770. The van der Waals surface area contributed by atoms with E-state index in [1.54, 1.807) is 0 Å². The molecule has 0 N–H and O–H groups in total. The third-order valence-electron chi connectivity index (χ3n) is 9.11. The molecule has 0 aliphatic heterocycles. The first-order chi connectivity index (χ1) is 23.8. The second-order valence-corrected chi connectivity index (χ2v) is 12.0. The molecular formula is C43H26N2O3. The van der Waals surface area contributed by atoms with Gasteiger partial charge in [-0.15, -0.1) is 0 Å². The Morgan fingerprint density at radius 1 is 0.417 bits per heavy atom. The molecule has 0 bridgehead atoms. The highest BCUT2D eigenvalue weighted by atomic mass is 16.4. The van der Waals surface area contributed by atoms with Gasteiger partial charge >= 0.3 is 0 Å². The van der Waals surface area contributed by atoms with Crippen LogP contribution < -0.4 is 4.90 Å². The fourth-order valence-corrected chi connectivity index (χ4v) is 6.88. The lowest BCUT2D eigenvalue weighted by molar-refractivity contribution is 0.622. The maximum Gasteiger partial charge on any atom is 0.227 e. The van der Waals surface area contributed by atoms with Crippen molar-refractivity contribution >= 4 is 72.0 Å². The molecule has 3 aromatic heterocycles. The first kappa shape index (κ1) is 26.6. The minimum Gasteiger partial charge on any atom is -0.456 e. The minimum absolute atomic E-state index is 0.592. The molecule has 0 unspecified atom stereocenters. The first-order valence-corrected chi connectivity index (χ1v) is 16.0. The summed E-state index contributed by atoms with van der Waals surface area (Å²) < 4.78 is 19.2. The number of furan rings is 2. The van der Waals surface area contributed by atoms with Crippen LogP contribution in [0, 0.1) is 0 Å². The van der Waals surface area contributed by atoms with Crippen molar-refractivity contribution in [2.24, 2.45) is 0 Å². The molecule has 10 rings (SSSR count). The number of anilines is 3. The number of hydrogen-bond donors (Lipinski definition) is 0. The van der Waals surface area contributed by atoms with Gasteiger partial charge in [0.25, 0.3) is 0 Å². The Morgan fingerprint density at radius 2 is 1.06 bits per heavy atom. The summed E-state index contributed by atoms with van der Waals surface area (Å²) in [6.45, 7) is 0.